The Hall–Kier alpha value is -1.10. The minimum Gasteiger partial charge on any atom is -0.371 e. The van der Waals surface area contributed by atoms with Gasteiger partial charge in [-0.05, 0) is 50.4 Å². The molecule has 2 heterocycles. The van der Waals surface area contributed by atoms with Gasteiger partial charge in [-0.15, -0.1) is 0 Å². The van der Waals surface area contributed by atoms with Gasteiger partial charge in [0.25, 0.3) is 0 Å². The zero-order valence-corrected chi connectivity index (χ0v) is 13.9. The zero-order valence-electron chi connectivity index (χ0n) is 13.9. The second kappa shape index (κ2) is 6.08. The fourth-order valence-corrected chi connectivity index (χ4v) is 3.96. The molecule has 0 bridgehead atoms. The smallest absolute Gasteiger partial charge is 0.225 e. The maximum absolute atomic E-state index is 12.2. The van der Waals surface area contributed by atoms with Crippen LogP contribution in [0.3, 0.4) is 0 Å². The fourth-order valence-electron chi connectivity index (χ4n) is 3.96. The monoisotopic (exact) mass is 320 g/mol. The first-order valence-electron chi connectivity index (χ1n) is 9.33. The van der Waals surface area contributed by atoms with E-state index in [1.54, 1.807) is 0 Å². The number of ether oxygens (including phenoxy) is 1. The molecule has 1 N–H and O–H groups in total. The summed E-state index contributed by atoms with van der Waals surface area (Å²) in [5.41, 5.74) is -0.0755. The van der Waals surface area contributed by atoms with Crippen molar-refractivity contribution in [1.29, 1.82) is 0 Å². The summed E-state index contributed by atoms with van der Waals surface area (Å²) in [5, 5.41) is 3.06. The van der Waals surface area contributed by atoms with E-state index in [2.05, 4.69) is 5.32 Å². The van der Waals surface area contributed by atoms with Crippen LogP contribution in [0, 0.1) is 17.8 Å². The summed E-state index contributed by atoms with van der Waals surface area (Å²) < 4.78 is 6.11. The van der Waals surface area contributed by atoms with Crippen LogP contribution in [0.1, 0.15) is 51.4 Å². The summed E-state index contributed by atoms with van der Waals surface area (Å²) in [7, 11) is 0. The van der Waals surface area contributed by atoms with Crippen molar-refractivity contribution in [1.82, 2.24) is 10.2 Å². The third-order valence-electron chi connectivity index (χ3n) is 6.12. The van der Waals surface area contributed by atoms with Crippen LogP contribution in [-0.2, 0) is 14.3 Å². The van der Waals surface area contributed by atoms with Crippen LogP contribution >= 0.6 is 0 Å². The molecule has 2 amide bonds. The number of likely N-dealkylation sites (tertiary alicyclic amines) is 1. The van der Waals surface area contributed by atoms with Crippen molar-refractivity contribution >= 4 is 11.8 Å². The predicted octanol–water partition coefficient (Wildman–Crippen LogP) is 1.71. The lowest BCUT2D eigenvalue weighted by Crippen LogP contribution is -2.67. The lowest BCUT2D eigenvalue weighted by atomic mass is 9.79. The average molecular weight is 320 g/mol. The molecular formula is C18H28N2O3. The van der Waals surface area contributed by atoms with Crippen LogP contribution in [-0.4, -0.2) is 48.6 Å². The third-order valence-corrected chi connectivity index (χ3v) is 6.12. The van der Waals surface area contributed by atoms with E-state index in [4.69, 9.17) is 4.74 Å². The van der Waals surface area contributed by atoms with E-state index in [-0.39, 0.29) is 11.5 Å². The van der Waals surface area contributed by atoms with Crippen LogP contribution < -0.4 is 5.32 Å². The minimum atomic E-state index is -0.0755. The molecule has 0 aromatic rings. The van der Waals surface area contributed by atoms with E-state index in [1.807, 2.05) is 4.90 Å². The van der Waals surface area contributed by atoms with Gasteiger partial charge in [0.2, 0.25) is 11.8 Å². The molecule has 2 aliphatic carbocycles. The quantitative estimate of drug-likeness (QED) is 0.839. The zero-order chi connectivity index (χ0) is 15.9. The van der Waals surface area contributed by atoms with Gasteiger partial charge in [0, 0.05) is 18.9 Å². The molecule has 0 aromatic heterocycles. The first-order valence-corrected chi connectivity index (χ1v) is 9.33. The molecule has 1 atom stereocenters. The number of carbonyl (C=O) groups is 2. The van der Waals surface area contributed by atoms with Gasteiger partial charge in [0.05, 0.1) is 19.7 Å². The maximum Gasteiger partial charge on any atom is 0.225 e. The Labute approximate surface area is 138 Å². The van der Waals surface area contributed by atoms with E-state index in [9.17, 15) is 9.59 Å². The second-order valence-corrected chi connectivity index (χ2v) is 8.17. The number of hydrogen-bond donors (Lipinski definition) is 1. The Morgan fingerprint density at radius 3 is 2.43 bits per heavy atom. The Bertz CT molecular complexity index is 469. The maximum atomic E-state index is 12.2. The van der Waals surface area contributed by atoms with Crippen LogP contribution in [0.4, 0.5) is 0 Å². The predicted molar refractivity (Wildman–Crippen MR) is 85.7 cm³/mol. The van der Waals surface area contributed by atoms with Crippen LogP contribution in [0.2, 0.25) is 0 Å². The highest BCUT2D eigenvalue weighted by Crippen LogP contribution is 2.38. The summed E-state index contributed by atoms with van der Waals surface area (Å²) in [6, 6.07) is 0. The number of rotatable bonds is 5. The largest absolute Gasteiger partial charge is 0.371 e. The van der Waals surface area contributed by atoms with Crippen molar-refractivity contribution in [2.24, 2.45) is 17.8 Å². The molecule has 5 heteroatoms. The van der Waals surface area contributed by atoms with Gasteiger partial charge in [0.1, 0.15) is 5.60 Å². The number of carbonyl (C=O) groups excluding carboxylic acids is 2. The molecule has 128 valence electrons. The third kappa shape index (κ3) is 3.39. The Morgan fingerprint density at radius 2 is 1.87 bits per heavy atom. The van der Waals surface area contributed by atoms with Gasteiger partial charge in [-0.25, -0.2) is 0 Å². The molecule has 1 unspecified atom stereocenters. The fraction of sp³-hybridized carbons (Fsp3) is 0.889. The number of hydrogen-bond acceptors (Lipinski definition) is 3. The molecule has 0 aromatic carbocycles. The van der Waals surface area contributed by atoms with Crippen molar-refractivity contribution in [3.8, 4) is 0 Å². The van der Waals surface area contributed by atoms with E-state index in [0.717, 1.165) is 51.9 Å². The number of nitrogens with zero attached hydrogens (tertiary/aromatic N) is 1. The highest BCUT2D eigenvalue weighted by molar-refractivity contribution is 5.80. The van der Waals surface area contributed by atoms with Crippen molar-refractivity contribution in [2.45, 2.75) is 57.0 Å². The topological polar surface area (TPSA) is 58.6 Å². The van der Waals surface area contributed by atoms with E-state index >= 15 is 0 Å². The van der Waals surface area contributed by atoms with E-state index in [0.29, 0.717) is 30.1 Å². The molecule has 2 saturated carbocycles. The number of nitrogens with one attached hydrogen (secondary N) is 1. The summed E-state index contributed by atoms with van der Waals surface area (Å²) in [5.74, 6) is 1.93. The normalized spacial score (nSPS) is 29.7. The Balaban J connectivity index is 1.15. The first-order chi connectivity index (χ1) is 11.1. The molecule has 4 rings (SSSR count). The lowest BCUT2D eigenvalue weighted by Gasteiger charge is -2.54. The van der Waals surface area contributed by atoms with Crippen LogP contribution in [0.5, 0.6) is 0 Å². The Morgan fingerprint density at radius 1 is 1.09 bits per heavy atom. The summed E-state index contributed by atoms with van der Waals surface area (Å²) in [6.45, 7) is 3.02. The molecule has 23 heavy (non-hydrogen) atoms. The van der Waals surface area contributed by atoms with Gasteiger partial charge in [-0.3, -0.25) is 9.59 Å². The molecule has 2 aliphatic heterocycles. The molecular weight excluding hydrogens is 292 g/mol. The molecule has 2 saturated heterocycles. The highest BCUT2D eigenvalue weighted by Gasteiger charge is 2.49. The molecule has 4 aliphatic rings. The molecule has 1 spiro atoms. The van der Waals surface area contributed by atoms with Gasteiger partial charge in [-0.1, -0.05) is 6.42 Å². The first kappa shape index (κ1) is 15.4. The molecule has 4 fully saturated rings. The second-order valence-electron chi connectivity index (χ2n) is 8.17. The van der Waals surface area contributed by atoms with Gasteiger partial charge in [-0.2, -0.15) is 0 Å². The highest BCUT2D eigenvalue weighted by atomic mass is 16.5. The van der Waals surface area contributed by atoms with Gasteiger partial charge >= 0.3 is 0 Å². The standard InChI is InChI=1S/C18H28N2O3/c21-16(8-13-4-5-13)19-9-14-6-7-18(23-10-14)11-20(12-18)17(22)15-2-1-3-15/h13-15H,1-12H2,(H,19,21). The number of amides is 2. The molecule has 0 radical (unpaired) electrons. The average Bonchev–Trinajstić information content (AvgIpc) is 3.25. The van der Waals surface area contributed by atoms with E-state index < -0.39 is 0 Å². The van der Waals surface area contributed by atoms with E-state index in [1.165, 1.54) is 19.3 Å². The van der Waals surface area contributed by atoms with Crippen LogP contribution in [0.25, 0.3) is 0 Å². The summed E-state index contributed by atoms with van der Waals surface area (Å²) >= 11 is 0. The van der Waals surface area contributed by atoms with Crippen molar-refractivity contribution in [2.75, 3.05) is 26.2 Å². The SMILES string of the molecule is O=C(CC1CC1)NCC1CCC2(CN(C(=O)C3CCC3)C2)OC1. The Kier molecular flexibility index (Phi) is 4.08. The molecule has 5 nitrogen and oxygen atoms in total. The lowest BCUT2D eigenvalue weighted by molar-refractivity contribution is -0.192. The summed E-state index contributed by atoms with van der Waals surface area (Å²) in [6.07, 6.45) is 8.62. The van der Waals surface area contributed by atoms with Gasteiger partial charge in [0.15, 0.2) is 0 Å². The van der Waals surface area contributed by atoms with Crippen molar-refractivity contribution in [3.05, 3.63) is 0 Å². The van der Waals surface area contributed by atoms with Crippen molar-refractivity contribution < 1.29 is 14.3 Å². The van der Waals surface area contributed by atoms with Crippen molar-refractivity contribution in [3.63, 3.8) is 0 Å². The van der Waals surface area contributed by atoms with Gasteiger partial charge < -0.3 is 15.0 Å². The van der Waals surface area contributed by atoms with Crippen LogP contribution in [0.15, 0.2) is 0 Å². The minimum absolute atomic E-state index is 0.0755. The summed E-state index contributed by atoms with van der Waals surface area (Å²) in [4.78, 5) is 25.9.